The van der Waals surface area contributed by atoms with Gasteiger partial charge in [-0.2, -0.15) is 0 Å². The SMILES string of the molecule is CN(CC1CCCCC1)C(=O)NCCCC1CCCC1. The van der Waals surface area contributed by atoms with Crippen molar-refractivity contribution in [2.45, 2.75) is 70.6 Å². The first-order valence-corrected chi connectivity index (χ1v) is 8.74. The molecule has 0 heterocycles. The van der Waals surface area contributed by atoms with Gasteiger partial charge in [0.05, 0.1) is 0 Å². The Bertz CT molecular complexity index is 281. The van der Waals surface area contributed by atoms with Crippen LogP contribution < -0.4 is 5.32 Å². The van der Waals surface area contributed by atoms with Gasteiger partial charge in [0, 0.05) is 20.1 Å². The molecule has 2 amide bonds. The van der Waals surface area contributed by atoms with Gasteiger partial charge in [-0.15, -0.1) is 0 Å². The van der Waals surface area contributed by atoms with E-state index in [0.717, 1.165) is 31.3 Å². The Morgan fingerprint density at radius 3 is 2.30 bits per heavy atom. The average molecular weight is 280 g/mol. The molecule has 2 aliphatic rings. The molecular weight excluding hydrogens is 248 g/mol. The molecule has 0 aliphatic heterocycles. The maximum absolute atomic E-state index is 12.0. The lowest BCUT2D eigenvalue weighted by Gasteiger charge is -2.27. The summed E-state index contributed by atoms with van der Waals surface area (Å²) in [6.07, 6.45) is 14.8. The summed E-state index contributed by atoms with van der Waals surface area (Å²) in [5, 5.41) is 3.08. The Hall–Kier alpha value is -0.730. The second-order valence-corrected chi connectivity index (χ2v) is 6.91. The predicted molar refractivity (Wildman–Crippen MR) is 83.8 cm³/mol. The molecule has 2 rings (SSSR count). The average Bonchev–Trinajstić information content (AvgIpc) is 2.97. The van der Waals surface area contributed by atoms with Gasteiger partial charge in [-0.05, 0) is 37.5 Å². The molecule has 0 spiro atoms. The Kier molecular flexibility index (Phi) is 6.68. The number of urea groups is 1. The Labute approximate surface area is 124 Å². The summed E-state index contributed by atoms with van der Waals surface area (Å²) in [5.74, 6) is 1.67. The van der Waals surface area contributed by atoms with Crippen LogP contribution >= 0.6 is 0 Å². The quantitative estimate of drug-likeness (QED) is 0.727. The van der Waals surface area contributed by atoms with Crippen molar-refractivity contribution in [3.8, 4) is 0 Å². The van der Waals surface area contributed by atoms with Gasteiger partial charge in [0.1, 0.15) is 0 Å². The third-order valence-electron chi connectivity index (χ3n) is 5.14. The summed E-state index contributed by atoms with van der Waals surface area (Å²) in [7, 11) is 1.95. The fraction of sp³-hybridized carbons (Fsp3) is 0.941. The van der Waals surface area contributed by atoms with E-state index in [4.69, 9.17) is 0 Å². The minimum atomic E-state index is 0.127. The number of carbonyl (C=O) groups is 1. The predicted octanol–water partition coefficient (Wildman–Crippen LogP) is 4.18. The molecule has 2 aliphatic carbocycles. The number of amides is 2. The molecule has 116 valence electrons. The number of rotatable bonds is 6. The highest BCUT2D eigenvalue weighted by atomic mass is 16.2. The molecule has 0 aromatic carbocycles. The lowest BCUT2D eigenvalue weighted by atomic mass is 9.89. The molecule has 0 saturated heterocycles. The van der Waals surface area contributed by atoms with Gasteiger partial charge < -0.3 is 10.2 Å². The van der Waals surface area contributed by atoms with Crippen LogP contribution in [0.4, 0.5) is 4.79 Å². The largest absolute Gasteiger partial charge is 0.338 e. The van der Waals surface area contributed by atoms with Crippen LogP contribution in [0.3, 0.4) is 0 Å². The van der Waals surface area contributed by atoms with Crippen molar-refractivity contribution in [1.82, 2.24) is 10.2 Å². The molecule has 0 aromatic heterocycles. The second kappa shape index (κ2) is 8.53. The normalized spacial score (nSPS) is 21.1. The van der Waals surface area contributed by atoms with E-state index in [1.165, 1.54) is 64.2 Å². The summed E-state index contributed by atoms with van der Waals surface area (Å²) in [5.41, 5.74) is 0. The molecule has 3 nitrogen and oxygen atoms in total. The van der Waals surface area contributed by atoms with Crippen molar-refractivity contribution in [2.24, 2.45) is 11.8 Å². The van der Waals surface area contributed by atoms with E-state index < -0.39 is 0 Å². The molecule has 1 N–H and O–H groups in total. The second-order valence-electron chi connectivity index (χ2n) is 6.91. The van der Waals surface area contributed by atoms with E-state index in [-0.39, 0.29) is 6.03 Å². The van der Waals surface area contributed by atoms with E-state index in [1.807, 2.05) is 11.9 Å². The number of nitrogens with zero attached hydrogens (tertiary/aromatic N) is 1. The zero-order valence-corrected chi connectivity index (χ0v) is 13.2. The van der Waals surface area contributed by atoms with Gasteiger partial charge in [-0.1, -0.05) is 44.9 Å². The fourth-order valence-electron chi connectivity index (χ4n) is 3.86. The van der Waals surface area contributed by atoms with Crippen LogP contribution in [-0.4, -0.2) is 31.1 Å². The van der Waals surface area contributed by atoms with Crippen molar-refractivity contribution in [2.75, 3.05) is 20.1 Å². The van der Waals surface area contributed by atoms with Gasteiger partial charge in [0.15, 0.2) is 0 Å². The summed E-state index contributed by atoms with van der Waals surface area (Å²) >= 11 is 0. The highest BCUT2D eigenvalue weighted by Crippen LogP contribution is 2.28. The van der Waals surface area contributed by atoms with Gasteiger partial charge >= 0.3 is 6.03 Å². The Morgan fingerprint density at radius 2 is 1.60 bits per heavy atom. The van der Waals surface area contributed by atoms with Gasteiger partial charge in [0.2, 0.25) is 0 Å². The number of hydrogen-bond donors (Lipinski definition) is 1. The van der Waals surface area contributed by atoms with Gasteiger partial charge in [0.25, 0.3) is 0 Å². The van der Waals surface area contributed by atoms with Crippen molar-refractivity contribution in [1.29, 1.82) is 0 Å². The van der Waals surface area contributed by atoms with E-state index in [0.29, 0.717) is 0 Å². The molecular formula is C17H32N2O. The smallest absolute Gasteiger partial charge is 0.317 e. The van der Waals surface area contributed by atoms with E-state index >= 15 is 0 Å². The number of hydrogen-bond acceptors (Lipinski definition) is 1. The molecule has 2 saturated carbocycles. The summed E-state index contributed by atoms with van der Waals surface area (Å²) < 4.78 is 0. The molecule has 2 fully saturated rings. The molecule has 3 heteroatoms. The van der Waals surface area contributed by atoms with Crippen molar-refractivity contribution in [3.05, 3.63) is 0 Å². The Morgan fingerprint density at radius 1 is 1.00 bits per heavy atom. The van der Waals surface area contributed by atoms with Crippen LogP contribution in [-0.2, 0) is 0 Å². The summed E-state index contributed by atoms with van der Waals surface area (Å²) in [6, 6.07) is 0.127. The van der Waals surface area contributed by atoms with Crippen LogP contribution in [0.15, 0.2) is 0 Å². The molecule has 0 aromatic rings. The zero-order valence-electron chi connectivity index (χ0n) is 13.2. The van der Waals surface area contributed by atoms with E-state index in [2.05, 4.69) is 5.32 Å². The molecule has 20 heavy (non-hydrogen) atoms. The van der Waals surface area contributed by atoms with Gasteiger partial charge in [-0.3, -0.25) is 0 Å². The third-order valence-corrected chi connectivity index (χ3v) is 5.14. The molecule has 0 unspecified atom stereocenters. The minimum absolute atomic E-state index is 0.127. The third kappa shape index (κ3) is 5.34. The van der Waals surface area contributed by atoms with Crippen molar-refractivity contribution in [3.63, 3.8) is 0 Å². The van der Waals surface area contributed by atoms with Crippen molar-refractivity contribution >= 4 is 6.03 Å². The summed E-state index contributed by atoms with van der Waals surface area (Å²) in [4.78, 5) is 13.9. The maximum atomic E-state index is 12.0. The zero-order chi connectivity index (χ0) is 14.2. The lowest BCUT2D eigenvalue weighted by Crippen LogP contribution is -2.40. The molecule has 0 bridgehead atoms. The minimum Gasteiger partial charge on any atom is -0.338 e. The maximum Gasteiger partial charge on any atom is 0.317 e. The highest BCUT2D eigenvalue weighted by Gasteiger charge is 2.18. The number of carbonyl (C=O) groups excluding carboxylic acids is 1. The van der Waals surface area contributed by atoms with E-state index in [9.17, 15) is 4.79 Å². The van der Waals surface area contributed by atoms with Crippen molar-refractivity contribution < 1.29 is 4.79 Å². The van der Waals surface area contributed by atoms with Crippen LogP contribution in [0.1, 0.15) is 70.6 Å². The highest BCUT2D eigenvalue weighted by molar-refractivity contribution is 5.73. The van der Waals surface area contributed by atoms with Crippen LogP contribution in [0, 0.1) is 11.8 Å². The Balaban J connectivity index is 1.53. The first-order chi connectivity index (χ1) is 9.75. The standard InChI is InChI=1S/C17H32N2O/c1-19(14-16-10-3-2-4-11-16)17(20)18-13-7-12-15-8-5-6-9-15/h15-16H,2-14H2,1H3,(H,18,20). The summed E-state index contributed by atoms with van der Waals surface area (Å²) in [6.45, 7) is 1.79. The van der Waals surface area contributed by atoms with Gasteiger partial charge in [-0.25, -0.2) is 4.79 Å². The number of nitrogens with one attached hydrogen (secondary N) is 1. The lowest BCUT2D eigenvalue weighted by molar-refractivity contribution is 0.192. The fourth-order valence-corrected chi connectivity index (χ4v) is 3.86. The van der Waals surface area contributed by atoms with Crippen LogP contribution in [0.25, 0.3) is 0 Å². The van der Waals surface area contributed by atoms with E-state index in [1.54, 1.807) is 0 Å². The monoisotopic (exact) mass is 280 g/mol. The molecule has 0 radical (unpaired) electrons. The first-order valence-electron chi connectivity index (χ1n) is 8.74. The molecule has 0 atom stereocenters. The first kappa shape index (κ1) is 15.7. The van der Waals surface area contributed by atoms with Crippen LogP contribution in [0.5, 0.6) is 0 Å². The topological polar surface area (TPSA) is 32.3 Å². The van der Waals surface area contributed by atoms with Crippen LogP contribution in [0.2, 0.25) is 0 Å².